The van der Waals surface area contributed by atoms with E-state index in [1.165, 1.54) is 0 Å². The van der Waals surface area contributed by atoms with Crippen LogP contribution in [0.3, 0.4) is 0 Å². The third-order valence-electron chi connectivity index (χ3n) is 3.95. The minimum atomic E-state index is 0. The molecule has 4 rings (SSSR count). The summed E-state index contributed by atoms with van der Waals surface area (Å²) in [5.74, 6) is 1.44. The fraction of sp³-hybridized carbons (Fsp3) is 0.111. The van der Waals surface area contributed by atoms with Crippen LogP contribution in [0.25, 0.3) is 16.6 Å². The van der Waals surface area contributed by atoms with Crippen molar-refractivity contribution in [1.82, 2.24) is 9.55 Å². The highest BCUT2D eigenvalue weighted by molar-refractivity contribution is 8.14. The topological polar surface area (TPSA) is 56.2 Å². The van der Waals surface area contributed by atoms with Gasteiger partial charge in [-0.1, -0.05) is 59.8 Å². The SMILES string of the molecule is Cl.Nc1nc2ccc(/C(=C/Cl)c3ccccc3)cc2n1C1=NCCS1. The summed E-state index contributed by atoms with van der Waals surface area (Å²) in [7, 11) is 0. The highest BCUT2D eigenvalue weighted by atomic mass is 35.5. The number of fused-ring (bicyclic) bond motifs is 1. The first-order valence-corrected chi connectivity index (χ1v) is 9.02. The molecule has 0 saturated carbocycles. The fourth-order valence-corrected chi connectivity index (χ4v) is 3.95. The van der Waals surface area contributed by atoms with Gasteiger partial charge >= 0.3 is 0 Å². The molecule has 0 aliphatic carbocycles. The van der Waals surface area contributed by atoms with Crippen molar-refractivity contribution in [2.75, 3.05) is 18.0 Å². The molecule has 1 aromatic heterocycles. The zero-order valence-electron chi connectivity index (χ0n) is 13.2. The van der Waals surface area contributed by atoms with Gasteiger partial charge in [0.2, 0.25) is 5.95 Å². The number of nitrogens with two attached hydrogens (primary N) is 1. The van der Waals surface area contributed by atoms with Crippen molar-refractivity contribution < 1.29 is 0 Å². The zero-order valence-corrected chi connectivity index (χ0v) is 15.6. The van der Waals surface area contributed by atoms with Crippen LogP contribution in [0.15, 0.2) is 59.1 Å². The number of aromatic nitrogens is 2. The van der Waals surface area contributed by atoms with Crippen molar-refractivity contribution in [3.05, 3.63) is 65.2 Å². The second kappa shape index (κ2) is 7.52. The number of nitrogens with zero attached hydrogens (tertiary/aromatic N) is 3. The van der Waals surface area contributed by atoms with E-state index in [4.69, 9.17) is 17.3 Å². The summed E-state index contributed by atoms with van der Waals surface area (Å²) >= 11 is 7.82. The fourth-order valence-electron chi connectivity index (χ4n) is 2.83. The molecule has 0 unspecified atom stereocenters. The highest BCUT2D eigenvalue weighted by Gasteiger charge is 2.17. The van der Waals surface area contributed by atoms with Gasteiger partial charge in [0.25, 0.3) is 0 Å². The zero-order chi connectivity index (χ0) is 16.5. The van der Waals surface area contributed by atoms with Crippen LogP contribution in [-0.4, -0.2) is 27.0 Å². The van der Waals surface area contributed by atoms with Crippen LogP contribution in [0.5, 0.6) is 0 Å². The Morgan fingerprint density at radius 1 is 1.16 bits per heavy atom. The van der Waals surface area contributed by atoms with Crippen molar-refractivity contribution in [1.29, 1.82) is 0 Å². The average molecular weight is 391 g/mol. The van der Waals surface area contributed by atoms with Gasteiger partial charge < -0.3 is 5.73 Å². The van der Waals surface area contributed by atoms with E-state index in [0.29, 0.717) is 5.95 Å². The largest absolute Gasteiger partial charge is 0.369 e. The number of halogens is 2. The molecular weight excluding hydrogens is 375 g/mol. The van der Waals surface area contributed by atoms with Gasteiger partial charge in [-0.25, -0.2) is 4.98 Å². The smallest absolute Gasteiger partial charge is 0.207 e. The number of nitrogen functional groups attached to an aromatic ring is 1. The molecule has 0 fully saturated rings. The van der Waals surface area contributed by atoms with Gasteiger partial charge in [0.1, 0.15) is 0 Å². The quantitative estimate of drug-likeness (QED) is 0.694. The molecule has 0 saturated heterocycles. The Kier molecular flexibility index (Phi) is 5.37. The molecular formula is C18H16Cl2N4S. The van der Waals surface area contributed by atoms with Gasteiger partial charge in [-0.05, 0) is 23.3 Å². The molecule has 7 heteroatoms. The maximum Gasteiger partial charge on any atom is 0.207 e. The third kappa shape index (κ3) is 3.27. The van der Waals surface area contributed by atoms with E-state index in [-0.39, 0.29) is 12.4 Å². The maximum atomic E-state index is 6.12. The second-order valence-corrected chi connectivity index (χ2v) is 6.69. The van der Waals surface area contributed by atoms with Gasteiger partial charge in [-0.2, -0.15) is 0 Å². The minimum Gasteiger partial charge on any atom is -0.369 e. The normalized spacial score (nSPS) is 14.4. The van der Waals surface area contributed by atoms with Crippen LogP contribution in [0.2, 0.25) is 0 Å². The Bertz CT molecular complexity index is 964. The summed E-state index contributed by atoms with van der Waals surface area (Å²) in [6.45, 7) is 0.815. The van der Waals surface area contributed by atoms with E-state index in [2.05, 4.69) is 16.0 Å². The molecule has 0 bridgehead atoms. The van der Waals surface area contributed by atoms with Crippen LogP contribution >= 0.6 is 35.8 Å². The number of thioether (sulfide) groups is 1. The van der Waals surface area contributed by atoms with Crippen LogP contribution in [0, 0.1) is 0 Å². The molecule has 0 spiro atoms. The molecule has 1 aliphatic heterocycles. The van der Waals surface area contributed by atoms with E-state index in [1.54, 1.807) is 17.3 Å². The lowest BCUT2D eigenvalue weighted by Crippen LogP contribution is -2.09. The summed E-state index contributed by atoms with van der Waals surface area (Å²) in [5.41, 5.74) is 12.6. The predicted molar refractivity (Wildman–Crippen MR) is 111 cm³/mol. The first kappa shape index (κ1) is 17.9. The molecule has 4 nitrogen and oxygen atoms in total. The van der Waals surface area contributed by atoms with Crippen LogP contribution < -0.4 is 5.73 Å². The summed E-state index contributed by atoms with van der Waals surface area (Å²) in [6, 6.07) is 16.1. The number of imidazole rings is 1. The van der Waals surface area contributed by atoms with Gasteiger partial charge in [0.05, 0.1) is 17.6 Å². The van der Waals surface area contributed by atoms with E-state index in [0.717, 1.165) is 45.2 Å². The summed E-state index contributed by atoms with van der Waals surface area (Å²) in [5, 5.41) is 0.906. The molecule has 3 aromatic rings. The average Bonchev–Trinajstić information content (AvgIpc) is 3.23. The highest BCUT2D eigenvalue weighted by Crippen LogP contribution is 2.29. The Hall–Kier alpha value is -1.95. The lowest BCUT2D eigenvalue weighted by Gasteiger charge is -2.09. The lowest BCUT2D eigenvalue weighted by atomic mass is 9.99. The Morgan fingerprint density at radius 2 is 1.96 bits per heavy atom. The van der Waals surface area contributed by atoms with E-state index in [9.17, 15) is 0 Å². The van der Waals surface area contributed by atoms with E-state index < -0.39 is 0 Å². The number of hydrogen-bond donors (Lipinski definition) is 1. The second-order valence-electron chi connectivity index (χ2n) is 5.41. The van der Waals surface area contributed by atoms with Gasteiger partial charge in [-0.3, -0.25) is 9.56 Å². The summed E-state index contributed by atoms with van der Waals surface area (Å²) in [4.78, 5) is 8.97. The predicted octanol–water partition coefficient (Wildman–Crippen LogP) is 4.62. The Balaban J connectivity index is 0.00000182. The summed E-state index contributed by atoms with van der Waals surface area (Å²) in [6.07, 6.45) is 0. The lowest BCUT2D eigenvalue weighted by molar-refractivity contribution is 1.13. The van der Waals surface area contributed by atoms with Crippen LogP contribution in [0.1, 0.15) is 11.1 Å². The van der Waals surface area contributed by atoms with Gasteiger partial charge in [0.15, 0.2) is 5.17 Å². The molecule has 0 amide bonds. The van der Waals surface area contributed by atoms with Crippen molar-refractivity contribution in [2.45, 2.75) is 0 Å². The number of aliphatic imine (C=N–C) groups is 1. The van der Waals surface area contributed by atoms with Gasteiger partial charge in [0, 0.05) is 16.9 Å². The molecule has 2 heterocycles. The maximum absolute atomic E-state index is 6.12. The number of benzene rings is 2. The van der Waals surface area contributed by atoms with Crippen molar-refractivity contribution in [2.24, 2.45) is 4.99 Å². The van der Waals surface area contributed by atoms with Crippen molar-refractivity contribution >= 4 is 63.5 Å². The molecule has 2 N–H and O–H groups in total. The first-order chi connectivity index (χ1) is 11.8. The molecule has 0 atom stereocenters. The number of rotatable bonds is 2. The minimum absolute atomic E-state index is 0. The molecule has 128 valence electrons. The Morgan fingerprint density at radius 3 is 2.64 bits per heavy atom. The number of anilines is 1. The number of hydrogen-bond acceptors (Lipinski definition) is 4. The molecule has 25 heavy (non-hydrogen) atoms. The molecule has 1 aliphatic rings. The van der Waals surface area contributed by atoms with Crippen molar-refractivity contribution in [3.63, 3.8) is 0 Å². The monoisotopic (exact) mass is 390 g/mol. The standard InChI is InChI=1S/C18H15ClN4S.ClH/c19-11-14(12-4-2-1-3-5-12)13-6-7-15-16(10-13)23(17(20)22-15)18-21-8-9-24-18;/h1-7,10-11H,8-9H2,(H2,20,22);1H/b14-11+;. The molecule has 0 radical (unpaired) electrons. The third-order valence-corrected chi connectivity index (χ3v) is 5.12. The van der Waals surface area contributed by atoms with Crippen molar-refractivity contribution in [3.8, 4) is 0 Å². The van der Waals surface area contributed by atoms with Gasteiger partial charge in [-0.15, -0.1) is 12.4 Å². The van der Waals surface area contributed by atoms with Crippen LogP contribution in [-0.2, 0) is 0 Å². The molecule has 2 aromatic carbocycles. The first-order valence-electron chi connectivity index (χ1n) is 7.59. The van der Waals surface area contributed by atoms with E-state index in [1.807, 2.05) is 47.0 Å². The van der Waals surface area contributed by atoms with Crippen LogP contribution in [0.4, 0.5) is 5.95 Å². The Labute approximate surface area is 161 Å². The van der Waals surface area contributed by atoms with E-state index >= 15 is 0 Å². The summed E-state index contributed by atoms with van der Waals surface area (Å²) < 4.78 is 1.92.